The number of aromatic amines is 1. The van der Waals surface area contributed by atoms with Gasteiger partial charge in [0.15, 0.2) is 6.10 Å². The summed E-state index contributed by atoms with van der Waals surface area (Å²) < 4.78 is 18.7. The molecule has 0 bridgehead atoms. The molecule has 0 saturated carbocycles. The molecule has 0 aliphatic heterocycles. The number of anilines is 1. The monoisotopic (exact) mass is 385 g/mol. The maximum absolute atomic E-state index is 13.6. The molecule has 0 spiro atoms. The molecule has 7 nitrogen and oxygen atoms in total. The van der Waals surface area contributed by atoms with Gasteiger partial charge in [0.2, 0.25) is 0 Å². The highest BCUT2D eigenvalue weighted by atomic mass is 19.1. The molecule has 0 fully saturated rings. The standard InChI is InChI=1S/C20H20FN3O4/c1-11-14(12(2)23-20(27)15(11)10-22)8-9-18(25)28-13(3)19(26)24-17-7-5-4-6-16(17)21/h4-7,13H,8-9H2,1-3H3,(H,23,27)(H,24,26)/t13-/m1/s1. The lowest BCUT2D eigenvalue weighted by Crippen LogP contribution is -2.30. The van der Waals surface area contributed by atoms with Gasteiger partial charge in [0.25, 0.3) is 11.5 Å². The highest BCUT2D eigenvalue weighted by Crippen LogP contribution is 2.16. The molecule has 28 heavy (non-hydrogen) atoms. The minimum Gasteiger partial charge on any atom is -0.453 e. The first-order chi connectivity index (χ1) is 13.2. The average Bonchev–Trinajstić information content (AvgIpc) is 2.63. The zero-order valence-corrected chi connectivity index (χ0v) is 15.8. The van der Waals surface area contributed by atoms with Gasteiger partial charge in [-0.1, -0.05) is 12.1 Å². The second-order valence-corrected chi connectivity index (χ2v) is 6.27. The number of benzene rings is 1. The fourth-order valence-electron chi connectivity index (χ4n) is 2.75. The SMILES string of the molecule is Cc1[nH]c(=O)c(C#N)c(C)c1CCC(=O)O[C@H](C)C(=O)Nc1ccccc1F. The summed E-state index contributed by atoms with van der Waals surface area (Å²) in [5, 5.41) is 11.4. The molecule has 1 amide bonds. The molecule has 0 radical (unpaired) electrons. The molecule has 2 N–H and O–H groups in total. The zero-order valence-electron chi connectivity index (χ0n) is 15.8. The number of nitrogens with one attached hydrogen (secondary N) is 2. The number of aromatic nitrogens is 1. The topological polar surface area (TPSA) is 112 Å². The largest absolute Gasteiger partial charge is 0.453 e. The lowest BCUT2D eigenvalue weighted by atomic mass is 9.99. The Morgan fingerprint density at radius 3 is 2.64 bits per heavy atom. The average molecular weight is 385 g/mol. The van der Waals surface area contributed by atoms with Crippen LogP contribution in [-0.2, 0) is 20.7 Å². The first-order valence-corrected chi connectivity index (χ1v) is 8.62. The number of hydrogen-bond acceptors (Lipinski definition) is 5. The van der Waals surface area contributed by atoms with Gasteiger partial charge in [-0.05, 0) is 50.5 Å². The van der Waals surface area contributed by atoms with Crippen LogP contribution in [0.15, 0.2) is 29.1 Å². The number of ether oxygens (including phenoxy) is 1. The Morgan fingerprint density at radius 2 is 2.00 bits per heavy atom. The number of nitrogens with zero attached hydrogens (tertiary/aromatic N) is 1. The predicted octanol–water partition coefficient (Wildman–Crippen LogP) is 2.51. The van der Waals surface area contributed by atoms with Crippen LogP contribution in [0.3, 0.4) is 0 Å². The van der Waals surface area contributed by atoms with Gasteiger partial charge in [0.05, 0.1) is 5.69 Å². The van der Waals surface area contributed by atoms with Crippen molar-refractivity contribution in [2.75, 3.05) is 5.32 Å². The number of rotatable bonds is 6. The number of aryl methyl sites for hydroxylation is 1. The molecule has 1 atom stereocenters. The maximum atomic E-state index is 13.6. The molecule has 2 rings (SSSR count). The van der Waals surface area contributed by atoms with Crippen LogP contribution in [-0.4, -0.2) is 23.0 Å². The van der Waals surface area contributed by atoms with Crippen LogP contribution in [0.4, 0.5) is 10.1 Å². The summed E-state index contributed by atoms with van der Waals surface area (Å²) >= 11 is 0. The lowest BCUT2D eigenvalue weighted by Gasteiger charge is -2.15. The summed E-state index contributed by atoms with van der Waals surface area (Å²) in [6.07, 6.45) is -0.918. The lowest BCUT2D eigenvalue weighted by molar-refractivity contribution is -0.153. The minimum atomic E-state index is -1.11. The van der Waals surface area contributed by atoms with E-state index < -0.39 is 29.4 Å². The zero-order chi connectivity index (χ0) is 20.8. The maximum Gasteiger partial charge on any atom is 0.306 e. The third-order valence-electron chi connectivity index (χ3n) is 4.31. The summed E-state index contributed by atoms with van der Waals surface area (Å²) in [6.45, 7) is 4.71. The summed E-state index contributed by atoms with van der Waals surface area (Å²) in [7, 11) is 0. The van der Waals surface area contributed by atoms with Crippen LogP contribution in [0.2, 0.25) is 0 Å². The van der Waals surface area contributed by atoms with Crippen molar-refractivity contribution in [3.8, 4) is 6.07 Å². The number of halogens is 1. The Morgan fingerprint density at radius 1 is 1.32 bits per heavy atom. The van der Waals surface area contributed by atoms with Gasteiger partial charge in [-0.2, -0.15) is 5.26 Å². The van der Waals surface area contributed by atoms with Crippen molar-refractivity contribution in [2.45, 2.75) is 39.7 Å². The number of H-pyrrole nitrogens is 1. The Balaban J connectivity index is 1.98. The van der Waals surface area contributed by atoms with E-state index in [0.717, 1.165) is 0 Å². The van der Waals surface area contributed by atoms with E-state index in [1.807, 2.05) is 6.07 Å². The Hall–Kier alpha value is -3.47. The number of pyridine rings is 1. The van der Waals surface area contributed by atoms with Gasteiger partial charge in [0.1, 0.15) is 17.4 Å². The highest BCUT2D eigenvalue weighted by molar-refractivity contribution is 5.95. The summed E-state index contributed by atoms with van der Waals surface area (Å²) in [4.78, 5) is 38.5. The Kier molecular flexibility index (Phi) is 6.66. The van der Waals surface area contributed by atoms with E-state index in [1.165, 1.54) is 25.1 Å². The third-order valence-corrected chi connectivity index (χ3v) is 4.31. The molecule has 2 aromatic rings. The highest BCUT2D eigenvalue weighted by Gasteiger charge is 2.20. The van der Waals surface area contributed by atoms with Crippen molar-refractivity contribution in [1.82, 2.24) is 4.98 Å². The van der Waals surface area contributed by atoms with Crippen LogP contribution in [0.5, 0.6) is 0 Å². The van der Waals surface area contributed by atoms with Gasteiger partial charge in [0, 0.05) is 12.1 Å². The number of nitriles is 1. The first-order valence-electron chi connectivity index (χ1n) is 8.62. The van der Waals surface area contributed by atoms with Gasteiger partial charge in [-0.15, -0.1) is 0 Å². The van der Waals surface area contributed by atoms with E-state index in [-0.39, 0.29) is 24.1 Å². The third kappa shape index (κ3) is 4.82. The molecule has 0 unspecified atom stereocenters. The Labute approximate surface area is 161 Å². The van der Waals surface area contributed by atoms with Gasteiger partial charge >= 0.3 is 5.97 Å². The van der Waals surface area contributed by atoms with E-state index in [1.54, 1.807) is 19.9 Å². The molecule has 146 valence electrons. The van der Waals surface area contributed by atoms with Gasteiger partial charge < -0.3 is 15.0 Å². The van der Waals surface area contributed by atoms with Crippen LogP contribution in [0, 0.1) is 31.0 Å². The summed E-state index contributed by atoms with van der Waals surface area (Å²) in [5.41, 5.74) is 1.30. The second-order valence-electron chi connectivity index (χ2n) is 6.27. The van der Waals surface area contributed by atoms with Crippen LogP contribution in [0.1, 0.15) is 35.7 Å². The smallest absolute Gasteiger partial charge is 0.306 e. The number of amides is 1. The fraction of sp³-hybridized carbons (Fsp3) is 0.300. The van der Waals surface area contributed by atoms with Crippen molar-refractivity contribution < 1.29 is 18.7 Å². The number of para-hydroxylation sites is 1. The predicted molar refractivity (Wildman–Crippen MR) is 100 cm³/mol. The van der Waals surface area contributed by atoms with Crippen LogP contribution < -0.4 is 10.9 Å². The van der Waals surface area contributed by atoms with Crippen molar-refractivity contribution in [3.05, 3.63) is 62.8 Å². The molecule has 1 heterocycles. The first kappa shape index (κ1) is 20.8. The fourth-order valence-corrected chi connectivity index (χ4v) is 2.75. The summed E-state index contributed by atoms with van der Waals surface area (Å²) in [5.74, 6) is -1.87. The number of hydrogen-bond donors (Lipinski definition) is 2. The van der Waals surface area contributed by atoms with E-state index in [9.17, 15) is 18.8 Å². The molecule has 0 saturated heterocycles. The number of carbonyl (C=O) groups is 2. The van der Waals surface area contributed by atoms with E-state index in [4.69, 9.17) is 10.00 Å². The normalized spacial score (nSPS) is 11.4. The Bertz CT molecular complexity index is 1010. The van der Waals surface area contributed by atoms with Crippen molar-refractivity contribution >= 4 is 17.6 Å². The van der Waals surface area contributed by atoms with E-state index in [0.29, 0.717) is 16.8 Å². The quantitative estimate of drug-likeness (QED) is 0.742. The number of esters is 1. The molecule has 1 aromatic heterocycles. The van der Waals surface area contributed by atoms with Crippen LogP contribution in [0.25, 0.3) is 0 Å². The van der Waals surface area contributed by atoms with E-state index in [2.05, 4.69) is 10.3 Å². The molecule has 1 aromatic carbocycles. The number of carbonyl (C=O) groups excluding carboxylic acids is 2. The van der Waals surface area contributed by atoms with Crippen molar-refractivity contribution in [3.63, 3.8) is 0 Å². The molecule has 0 aliphatic carbocycles. The second kappa shape index (κ2) is 8.95. The van der Waals surface area contributed by atoms with Crippen molar-refractivity contribution in [2.24, 2.45) is 0 Å². The molecule has 0 aliphatic rings. The van der Waals surface area contributed by atoms with E-state index >= 15 is 0 Å². The molecular formula is C20H20FN3O4. The van der Waals surface area contributed by atoms with Crippen molar-refractivity contribution in [1.29, 1.82) is 5.26 Å². The minimum absolute atomic E-state index is 0.000999. The van der Waals surface area contributed by atoms with Gasteiger partial charge in [-0.3, -0.25) is 14.4 Å². The molecule has 8 heteroatoms. The molecular weight excluding hydrogens is 365 g/mol. The summed E-state index contributed by atoms with van der Waals surface area (Å²) in [6, 6.07) is 7.52. The van der Waals surface area contributed by atoms with Gasteiger partial charge in [-0.25, -0.2) is 4.39 Å². The van der Waals surface area contributed by atoms with Crippen LogP contribution >= 0.6 is 0 Å².